The lowest BCUT2D eigenvalue weighted by atomic mass is 9.75. The highest BCUT2D eigenvalue weighted by molar-refractivity contribution is 7.99. The van der Waals surface area contributed by atoms with Crippen LogP contribution in [0.15, 0.2) is 24.3 Å². The fraction of sp³-hybridized carbons (Fsp3) is 0.625. The fourth-order valence-corrected chi connectivity index (χ4v) is 4.81. The van der Waals surface area contributed by atoms with E-state index in [-0.39, 0.29) is 0 Å². The van der Waals surface area contributed by atoms with Crippen LogP contribution in [-0.2, 0) is 6.42 Å². The van der Waals surface area contributed by atoms with Crippen molar-refractivity contribution in [3.63, 3.8) is 0 Å². The van der Waals surface area contributed by atoms with Crippen LogP contribution in [0.3, 0.4) is 0 Å². The molecule has 19 heavy (non-hydrogen) atoms. The number of fused-ring (bicyclic) bond motifs is 1. The molecule has 3 rings (SSSR count). The van der Waals surface area contributed by atoms with Gasteiger partial charge in [-0.25, -0.2) is 0 Å². The third-order valence-corrected chi connectivity index (χ3v) is 6.14. The molecule has 0 bridgehead atoms. The van der Waals surface area contributed by atoms with Gasteiger partial charge in [-0.2, -0.15) is 11.8 Å². The van der Waals surface area contributed by atoms with E-state index in [9.17, 15) is 0 Å². The molecule has 0 spiro atoms. The standard InChI is InChI=1S/C16H24N2S/c17-18-14(11-19-15-6-2-3-7-15)10-13-9-12-5-1-4-8-16(12)13/h1,4-5,8,13-15,18H,2-3,6-7,9-11,17H2. The number of nitrogens with one attached hydrogen (secondary N) is 1. The average Bonchev–Trinajstić information content (AvgIpc) is 2.92. The first kappa shape index (κ1) is 13.5. The van der Waals surface area contributed by atoms with Crippen molar-refractivity contribution in [2.24, 2.45) is 5.84 Å². The molecule has 1 fully saturated rings. The van der Waals surface area contributed by atoms with Gasteiger partial charge in [0.25, 0.3) is 0 Å². The minimum Gasteiger partial charge on any atom is -0.271 e. The SMILES string of the molecule is NNC(CSC1CCCC1)CC1Cc2ccccc21. The Labute approximate surface area is 120 Å². The Morgan fingerprint density at radius 2 is 2.05 bits per heavy atom. The fourth-order valence-electron chi connectivity index (χ4n) is 3.41. The topological polar surface area (TPSA) is 38.0 Å². The first-order valence-electron chi connectivity index (χ1n) is 7.52. The summed E-state index contributed by atoms with van der Waals surface area (Å²) in [7, 11) is 0. The van der Waals surface area contributed by atoms with Gasteiger partial charge >= 0.3 is 0 Å². The molecule has 2 aliphatic rings. The Balaban J connectivity index is 1.48. The van der Waals surface area contributed by atoms with Crippen LogP contribution in [0.25, 0.3) is 0 Å². The highest BCUT2D eigenvalue weighted by Gasteiger charge is 2.28. The second-order valence-corrected chi connectivity index (χ2v) is 7.27. The van der Waals surface area contributed by atoms with Gasteiger partial charge in [-0.1, -0.05) is 37.1 Å². The van der Waals surface area contributed by atoms with E-state index in [2.05, 4.69) is 41.5 Å². The minimum absolute atomic E-state index is 0.462. The normalized spacial score (nSPS) is 23.9. The molecule has 3 heteroatoms. The summed E-state index contributed by atoms with van der Waals surface area (Å²) in [5, 5.41) is 0.893. The van der Waals surface area contributed by atoms with Crippen molar-refractivity contribution in [3.05, 3.63) is 35.4 Å². The summed E-state index contributed by atoms with van der Waals surface area (Å²) in [6, 6.07) is 9.29. The maximum atomic E-state index is 5.74. The van der Waals surface area contributed by atoms with Gasteiger partial charge in [0.1, 0.15) is 0 Å². The summed E-state index contributed by atoms with van der Waals surface area (Å²) in [5.41, 5.74) is 6.12. The van der Waals surface area contributed by atoms with Gasteiger partial charge in [0.05, 0.1) is 0 Å². The van der Waals surface area contributed by atoms with Crippen LogP contribution in [0.1, 0.15) is 49.1 Å². The lowest BCUT2D eigenvalue weighted by Gasteiger charge is -2.33. The Kier molecular flexibility index (Phi) is 4.46. The molecule has 0 saturated heterocycles. The average molecular weight is 276 g/mol. The number of hydrogen-bond acceptors (Lipinski definition) is 3. The van der Waals surface area contributed by atoms with E-state index in [1.165, 1.54) is 49.8 Å². The minimum atomic E-state index is 0.462. The summed E-state index contributed by atoms with van der Waals surface area (Å²) >= 11 is 2.13. The van der Waals surface area contributed by atoms with Crippen molar-refractivity contribution in [1.29, 1.82) is 0 Å². The van der Waals surface area contributed by atoms with Crippen LogP contribution >= 0.6 is 11.8 Å². The van der Waals surface area contributed by atoms with Gasteiger partial charge < -0.3 is 0 Å². The third-order valence-electron chi connectivity index (χ3n) is 4.60. The summed E-state index contributed by atoms with van der Waals surface area (Å²) in [6.07, 6.45) is 8.10. The molecule has 1 saturated carbocycles. The molecular formula is C16H24N2S. The zero-order chi connectivity index (χ0) is 13.1. The molecule has 0 aromatic heterocycles. The Bertz CT molecular complexity index is 415. The van der Waals surface area contributed by atoms with Gasteiger partial charge in [-0.15, -0.1) is 0 Å². The predicted octanol–water partition coefficient (Wildman–Crippen LogP) is 3.22. The van der Waals surface area contributed by atoms with Crippen molar-refractivity contribution >= 4 is 11.8 Å². The van der Waals surface area contributed by atoms with E-state index in [0.29, 0.717) is 6.04 Å². The molecule has 104 valence electrons. The molecule has 1 aromatic carbocycles. The molecule has 0 aliphatic heterocycles. The number of benzene rings is 1. The number of hydrazine groups is 1. The van der Waals surface area contributed by atoms with E-state index >= 15 is 0 Å². The highest BCUT2D eigenvalue weighted by atomic mass is 32.2. The molecule has 1 aromatic rings. The maximum absolute atomic E-state index is 5.74. The van der Waals surface area contributed by atoms with Gasteiger partial charge in [-0.3, -0.25) is 11.3 Å². The molecule has 3 N–H and O–H groups in total. The summed E-state index contributed by atoms with van der Waals surface area (Å²) in [5.74, 6) is 7.63. The first-order chi connectivity index (χ1) is 9.36. The Morgan fingerprint density at radius 1 is 1.26 bits per heavy atom. The molecule has 0 heterocycles. The van der Waals surface area contributed by atoms with Crippen molar-refractivity contribution in [3.8, 4) is 0 Å². The molecule has 2 unspecified atom stereocenters. The zero-order valence-electron chi connectivity index (χ0n) is 11.5. The van der Waals surface area contributed by atoms with Crippen LogP contribution in [0.5, 0.6) is 0 Å². The van der Waals surface area contributed by atoms with Gasteiger partial charge in [0.2, 0.25) is 0 Å². The maximum Gasteiger partial charge on any atom is 0.0307 e. The van der Waals surface area contributed by atoms with Crippen molar-refractivity contribution in [2.75, 3.05) is 5.75 Å². The second kappa shape index (κ2) is 6.29. The van der Waals surface area contributed by atoms with Crippen LogP contribution in [0.2, 0.25) is 0 Å². The predicted molar refractivity (Wildman–Crippen MR) is 83.3 cm³/mol. The first-order valence-corrected chi connectivity index (χ1v) is 8.57. The van der Waals surface area contributed by atoms with E-state index in [4.69, 9.17) is 5.84 Å². The lowest BCUT2D eigenvalue weighted by Crippen LogP contribution is -2.40. The Morgan fingerprint density at radius 3 is 2.79 bits per heavy atom. The van der Waals surface area contributed by atoms with Crippen molar-refractivity contribution < 1.29 is 0 Å². The monoisotopic (exact) mass is 276 g/mol. The molecule has 0 radical (unpaired) electrons. The van der Waals surface area contributed by atoms with E-state index < -0.39 is 0 Å². The quantitative estimate of drug-likeness (QED) is 0.619. The number of nitrogens with two attached hydrogens (primary N) is 1. The molecule has 2 atom stereocenters. The Hall–Kier alpha value is -0.510. The second-order valence-electron chi connectivity index (χ2n) is 5.94. The summed E-state index contributed by atoms with van der Waals surface area (Å²) in [6.45, 7) is 0. The third kappa shape index (κ3) is 3.15. The molecule has 0 amide bonds. The molecular weight excluding hydrogens is 252 g/mol. The number of rotatable bonds is 6. The van der Waals surface area contributed by atoms with Crippen molar-refractivity contribution in [2.45, 2.75) is 55.7 Å². The smallest absolute Gasteiger partial charge is 0.0307 e. The molecule has 2 nitrogen and oxygen atoms in total. The van der Waals surface area contributed by atoms with E-state index in [1.807, 2.05) is 0 Å². The largest absolute Gasteiger partial charge is 0.271 e. The van der Waals surface area contributed by atoms with Gasteiger partial charge in [0, 0.05) is 17.0 Å². The van der Waals surface area contributed by atoms with E-state index in [0.717, 1.165) is 11.2 Å². The highest BCUT2D eigenvalue weighted by Crippen LogP contribution is 2.38. The van der Waals surface area contributed by atoms with Crippen LogP contribution in [0.4, 0.5) is 0 Å². The van der Waals surface area contributed by atoms with E-state index in [1.54, 1.807) is 5.56 Å². The summed E-state index contributed by atoms with van der Waals surface area (Å²) < 4.78 is 0. The zero-order valence-corrected chi connectivity index (χ0v) is 12.3. The van der Waals surface area contributed by atoms with Crippen LogP contribution in [-0.4, -0.2) is 17.0 Å². The number of thioether (sulfide) groups is 1. The summed E-state index contributed by atoms with van der Waals surface area (Å²) in [4.78, 5) is 0. The lowest BCUT2D eigenvalue weighted by molar-refractivity contribution is 0.451. The number of hydrogen-bond donors (Lipinski definition) is 2. The van der Waals surface area contributed by atoms with Gasteiger partial charge in [-0.05, 0) is 42.7 Å². The van der Waals surface area contributed by atoms with Gasteiger partial charge in [0.15, 0.2) is 0 Å². The van der Waals surface area contributed by atoms with Crippen molar-refractivity contribution in [1.82, 2.24) is 5.43 Å². The van der Waals surface area contributed by atoms with Crippen LogP contribution in [0, 0.1) is 0 Å². The molecule has 2 aliphatic carbocycles. The van der Waals surface area contributed by atoms with Crippen LogP contribution < -0.4 is 11.3 Å².